The highest BCUT2D eigenvalue weighted by atomic mass is 32.2. The van der Waals surface area contributed by atoms with Crippen LogP contribution in [0.3, 0.4) is 0 Å². The lowest BCUT2D eigenvalue weighted by Gasteiger charge is -2.37. The van der Waals surface area contributed by atoms with Crippen LogP contribution in [0.1, 0.15) is 27.9 Å². The first-order chi connectivity index (χ1) is 14.8. The van der Waals surface area contributed by atoms with Crippen molar-refractivity contribution < 1.29 is 17.4 Å². The monoisotopic (exact) mass is 443 g/mol. The van der Waals surface area contributed by atoms with Crippen molar-refractivity contribution in [2.45, 2.75) is 25.3 Å². The van der Waals surface area contributed by atoms with Gasteiger partial charge in [0.25, 0.3) is 5.91 Å². The average molecular weight is 444 g/mol. The second kappa shape index (κ2) is 8.88. The molecule has 4 rings (SSSR count). The molecule has 2 aromatic rings. The topological polar surface area (TPSA) is 79.0 Å². The van der Waals surface area contributed by atoms with Crippen LogP contribution < -0.4 is 14.4 Å². The summed E-state index contributed by atoms with van der Waals surface area (Å²) in [7, 11) is -1.43. The second-order valence-electron chi connectivity index (χ2n) is 8.43. The predicted octanol–water partition coefficient (Wildman–Crippen LogP) is 2.06. The highest BCUT2D eigenvalue weighted by molar-refractivity contribution is 7.86. The van der Waals surface area contributed by atoms with E-state index in [0.29, 0.717) is 5.56 Å². The molecular formula is C23H29N3O4S. The van der Waals surface area contributed by atoms with Gasteiger partial charge in [-0.15, -0.1) is 0 Å². The fourth-order valence-electron chi connectivity index (χ4n) is 4.34. The largest absolute Gasteiger partial charge is 0.383 e. The van der Waals surface area contributed by atoms with Crippen LogP contribution in [0.2, 0.25) is 0 Å². The van der Waals surface area contributed by atoms with Crippen molar-refractivity contribution >= 4 is 21.7 Å². The van der Waals surface area contributed by atoms with Gasteiger partial charge in [0.2, 0.25) is 0 Å². The number of amides is 1. The highest BCUT2D eigenvalue weighted by Crippen LogP contribution is 2.31. The molecule has 7 nitrogen and oxygen atoms in total. The number of likely N-dealkylation sites (N-methyl/N-ethyl adjacent to an activating group) is 1. The number of rotatable bonds is 5. The van der Waals surface area contributed by atoms with Crippen molar-refractivity contribution in [3.63, 3.8) is 0 Å². The summed E-state index contributed by atoms with van der Waals surface area (Å²) in [5, 5.41) is 3.16. The van der Waals surface area contributed by atoms with Crippen molar-refractivity contribution in [3.8, 4) is 5.75 Å². The zero-order valence-corrected chi connectivity index (χ0v) is 18.8. The minimum absolute atomic E-state index is 0.0700. The molecule has 0 spiro atoms. The first-order valence-electron chi connectivity index (χ1n) is 10.6. The Kier molecular flexibility index (Phi) is 6.20. The third-order valence-corrected chi connectivity index (χ3v) is 6.50. The van der Waals surface area contributed by atoms with Crippen molar-refractivity contribution in [1.29, 1.82) is 0 Å². The van der Waals surface area contributed by atoms with E-state index in [1.165, 1.54) is 28.9 Å². The summed E-state index contributed by atoms with van der Waals surface area (Å²) in [6.45, 7) is 4.16. The van der Waals surface area contributed by atoms with Gasteiger partial charge in [0.1, 0.15) is 5.75 Å². The maximum Gasteiger partial charge on any atom is 0.306 e. The van der Waals surface area contributed by atoms with Gasteiger partial charge in [-0.2, -0.15) is 8.42 Å². The van der Waals surface area contributed by atoms with Gasteiger partial charge in [-0.25, -0.2) is 0 Å². The van der Waals surface area contributed by atoms with Crippen molar-refractivity contribution in [2.75, 3.05) is 44.4 Å². The predicted molar refractivity (Wildman–Crippen MR) is 121 cm³/mol. The van der Waals surface area contributed by atoms with Crippen LogP contribution in [0.5, 0.6) is 5.75 Å². The number of nitrogens with one attached hydrogen (secondary N) is 1. The molecule has 2 aliphatic rings. The number of aryl methyl sites for hydroxylation is 1. The first-order valence-corrected chi connectivity index (χ1v) is 12.4. The van der Waals surface area contributed by atoms with Gasteiger partial charge < -0.3 is 19.3 Å². The Bertz CT molecular complexity index is 1040. The minimum atomic E-state index is -3.59. The summed E-state index contributed by atoms with van der Waals surface area (Å²) < 4.78 is 27.3. The zero-order valence-electron chi connectivity index (χ0n) is 18.0. The van der Waals surface area contributed by atoms with Crippen LogP contribution in [0.15, 0.2) is 42.5 Å². The maximum atomic E-state index is 12.8. The van der Waals surface area contributed by atoms with Crippen molar-refractivity contribution in [1.82, 2.24) is 10.2 Å². The number of carbonyl (C=O) groups is 1. The Balaban J connectivity index is 1.43. The normalized spacial score (nSPS) is 19.5. The molecule has 1 saturated heterocycles. The van der Waals surface area contributed by atoms with E-state index in [0.717, 1.165) is 51.7 Å². The van der Waals surface area contributed by atoms with Crippen LogP contribution in [0.25, 0.3) is 0 Å². The molecule has 0 bridgehead atoms. The second-order valence-corrected chi connectivity index (χ2v) is 10.0. The van der Waals surface area contributed by atoms with Crippen LogP contribution >= 0.6 is 0 Å². The molecule has 8 heteroatoms. The van der Waals surface area contributed by atoms with Gasteiger partial charge in [0.05, 0.1) is 6.26 Å². The van der Waals surface area contributed by atoms with Crippen LogP contribution in [0.4, 0.5) is 5.69 Å². The number of carbonyl (C=O) groups excluding carboxylic acids is 1. The van der Waals surface area contributed by atoms with Gasteiger partial charge in [-0.05, 0) is 67.8 Å². The lowest BCUT2D eigenvalue weighted by atomic mass is 9.86. The van der Waals surface area contributed by atoms with E-state index < -0.39 is 10.1 Å². The van der Waals surface area contributed by atoms with Gasteiger partial charge in [-0.1, -0.05) is 12.1 Å². The fourth-order valence-corrected chi connectivity index (χ4v) is 4.80. The SMILES string of the molecule is CN1CCN(c2cccc3c2CC(NC(=O)c2ccc(OS(C)(=O)=O)cc2)CC3)CC1. The van der Waals surface area contributed by atoms with E-state index in [4.69, 9.17) is 4.18 Å². The third kappa shape index (κ3) is 5.37. The number of hydrogen-bond donors (Lipinski definition) is 1. The molecule has 0 saturated carbocycles. The summed E-state index contributed by atoms with van der Waals surface area (Å²) in [4.78, 5) is 17.6. The van der Waals surface area contributed by atoms with Gasteiger partial charge in [0.15, 0.2) is 0 Å². The molecule has 31 heavy (non-hydrogen) atoms. The van der Waals surface area contributed by atoms with E-state index in [-0.39, 0.29) is 17.7 Å². The van der Waals surface area contributed by atoms with Crippen molar-refractivity contribution in [3.05, 3.63) is 59.2 Å². The Morgan fingerprint density at radius 3 is 2.45 bits per heavy atom. The summed E-state index contributed by atoms with van der Waals surface area (Å²) in [5.74, 6) is 0.0406. The van der Waals surface area contributed by atoms with E-state index in [2.05, 4.69) is 40.4 Å². The van der Waals surface area contributed by atoms with Gasteiger partial charge >= 0.3 is 10.1 Å². The van der Waals surface area contributed by atoms with E-state index in [9.17, 15) is 13.2 Å². The first kappa shape index (κ1) is 21.6. The molecule has 2 aromatic carbocycles. The third-order valence-electron chi connectivity index (χ3n) is 6.00. The Morgan fingerprint density at radius 2 is 1.77 bits per heavy atom. The minimum Gasteiger partial charge on any atom is -0.383 e. The molecule has 1 unspecified atom stereocenters. The van der Waals surface area contributed by atoms with Crippen molar-refractivity contribution in [2.24, 2.45) is 0 Å². The lowest BCUT2D eigenvalue weighted by molar-refractivity contribution is 0.0933. The Hall–Kier alpha value is -2.58. The van der Waals surface area contributed by atoms with E-state index >= 15 is 0 Å². The quantitative estimate of drug-likeness (QED) is 0.713. The molecule has 1 aliphatic carbocycles. The summed E-state index contributed by atoms with van der Waals surface area (Å²) in [6.07, 6.45) is 3.66. The summed E-state index contributed by atoms with van der Waals surface area (Å²) >= 11 is 0. The Morgan fingerprint density at radius 1 is 1.06 bits per heavy atom. The molecule has 1 atom stereocenters. The molecular weight excluding hydrogens is 414 g/mol. The van der Waals surface area contributed by atoms with E-state index in [1.807, 2.05) is 0 Å². The molecule has 0 radical (unpaired) electrons. The van der Waals surface area contributed by atoms with E-state index in [1.54, 1.807) is 12.1 Å². The smallest absolute Gasteiger partial charge is 0.306 e. The van der Waals surface area contributed by atoms with Crippen LogP contribution in [0, 0.1) is 0 Å². The molecule has 1 amide bonds. The lowest BCUT2D eigenvalue weighted by Crippen LogP contribution is -2.45. The maximum absolute atomic E-state index is 12.8. The number of benzene rings is 2. The molecule has 1 aliphatic heterocycles. The fraction of sp³-hybridized carbons (Fsp3) is 0.435. The molecule has 1 heterocycles. The number of anilines is 1. The average Bonchev–Trinajstić information content (AvgIpc) is 2.73. The number of nitrogens with zero attached hydrogens (tertiary/aromatic N) is 2. The number of hydrogen-bond acceptors (Lipinski definition) is 6. The molecule has 0 aromatic heterocycles. The highest BCUT2D eigenvalue weighted by Gasteiger charge is 2.25. The molecule has 1 fully saturated rings. The molecule has 166 valence electrons. The number of piperazine rings is 1. The van der Waals surface area contributed by atoms with Crippen LogP contribution in [-0.4, -0.2) is 64.7 Å². The molecule has 1 N–H and O–H groups in total. The van der Waals surface area contributed by atoms with Crippen LogP contribution in [-0.2, 0) is 23.0 Å². The standard InChI is InChI=1S/C23H29N3O4S/c1-25-12-14-26(15-13-25)22-5-3-4-17-6-9-19(16-21(17)22)24-23(27)18-7-10-20(11-8-18)30-31(2,28)29/h3-5,7-8,10-11,19H,6,9,12-16H2,1-2H3,(H,24,27). The number of fused-ring (bicyclic) bond motifs is 1. The van der Waals surface area contributed by atoms with Gasteiger partial charge in [0, 0.05) is 43.5 Å². The summed E-state index contributed by atoms with van der Waals surface area (Å²) in [6, 6.07) is 12.8. The van der Waals surface area contributed by atoms with Gasteiger partial charge in [-0.3, -0.25) is 4.79 Å². The summed E-state index contributed by atoms with van der Waals surface area (Å²) in [5.41, 5.74) is 4.51. The zero-order chi connectivity index (χ0) is 22.0. The Labute approximate surface area is 184 Å².